The second-order valence-electron chi connectivity index (χ2n) is 13.1. The SMILES string of the molecule is CC(C)c1ccc2c(c1)C1(CCCCC1)[C@@]1(C=C(c3ccccc3)C=C(c3ccccc3)[C@H]1C(=O)c1ccccc1)N2C. The smallest absolute Gasteiger partial charge is 0.173 e. The molecule has 2 heteroatoms. The van der Waals surface area contributed by atoms with Gasteiger partial charge in [0, 0.05) is 23.7 Å². The van der Waals surface area contributed by atoms with Gasteiger partial charge in [-0.1, -0.05) is 136 Å². The monoisotopic (exact) mass is 563 g/mol. The van der Waals surface area contributed by atoms with E-state index in [9.17, 15) is 0 Å². The van der Waals surface area contributed by atoms with Crippen LogP contribution in [0.2, 0.25) is 0 Å². The van der Waals surface area contributed by atoms with Crippen molar-refractivity contribution in [3.05, 3.63) is 149 Å². The van der Waals surface area contributed by atoms with Crippen molar-refractivity contribution in [2.24, 2.45) is 5.92 Å². The van der Waals surface area contributed by atoms with Crippen molar-refractivity contribution in [3.63, 3.8) is 0 Å². The molecule has 1 aliphatic heterocycles. The van der Waals surface area contributed by atoms with E-state index < -0.39 is 5.54 Å². The van der Waals surface area contributed by atoms with Crippen LogP contribution >= 0.6 is 0 Å². The summed E-state index contributed by atoms with van der Waals surface area (Å²) < 4.78 is 0. The van der Waals surface area contributed by atoms with E-state index >= 15 is 4.79 Å². The highest BCUT2D eigenvalue weighted by Crippen LogP contribution is 2.65. The van der Waals surface area contributed by atoms with Crippen LogP contribution in [0.25, 0.3) is 11.1 Å². The molecule has 216 valence electrons. The summed E-state index contributed by atoms with van der Waals surface area (Å²) in [5.74, 6) is 0.270. The van der Waals surface area contributed by atoms with Gasteiger partial charge in [-0.05, 0) is 70.4 Å². The van der Waals surface area contributed by atoms with Gasteiger partial charge in [0.1, 0.15) is 0 Å². The zero-order chi connectivity index (χ0) is 29.6. The Bertz CT molecular complexity index is 1690. The minimum absolute atomic E-state index is 0.191. The van der Waals surface area contributed by atoms with E-state index in [-0.39, 0.29) is 17.1 Å². The zero-order valence-corrected chi connectivity index (χ0v) is 25.6. The fourth-order valence-electron chi connectivity index (χ4n) is 8.49. The molecule has 7 rings (SSSR count). The third-order valence-corrected chi connectivity index (χ3v) is 10.6. The van der Waals surface area contributed by atoms with Crippen LogP contribution in [0.5, 0.6) is 0 Å². The molecule has 0 saturated heterocycles. The van der Waals surface area contributed by atoms with Crippen molar-refractivity contribution in [3.8, 4) is 0 Å². The molecule has 0 N–H and O–H groups in total. The number of carbonyl (C=O) groups excluding carboxylic acids is 1. The number of anilines is 1. The molecule has 0 aromatic heterocycles. The summed E-state index contributed by atoms with van der Waals surface area (Å²) in [6, 6.07) is 38.6. The highest BCUT2D eigenvalue weighted by molar-refractivity contribution is 6.10. The Labute approximate surface area is 256 Å². The first kappa shape index (κ1) is 27.7. The van der Waals surface area contributed by atoms with E-state index in [1.165, 1.54) is 47.2 Å². The molecule has 0 unspecified atom stereocenters. The second kappa shape index (κ2) is 10.8. The lowest BCUT2D eigenvalue weighted by Crippen LogP contribution is -2.63. The number of carbonyl (C=O) groups is 1. The Hall–Kier alpha value is -4.17. The van der Waals surface area contributed by atoms with Gasteiger partial charge in [-0.3, -0.25) is 4.79 Å². The molecule has 2 nitrogen and oxygen atoms in total. The largest absolute Gasteiger partial charge is 0.363 e. The molecular weight excluding hydrogens is 522 g/mol. The minimum atomic E-state index is -0.566. The first-order chi connectivity index (χ1) is 21.0. The molecule has 0 radical (unpaired) electrons. The summed E-state index contributed by atoms with van der Waals surface area (Å²) in [4.78, 5) is 17.7. The number of ketones is 1. The van der Waals surface area contributed by atoms with Crippen LogP contribution in [-0.2, 0) is 5.41 Å². The predicted molar refractivity (Wildman–Crippen MR) is 180 cm³/mol. The number of allylic oxidation sites excluding steroid dienone is 2. The van der Waals surface area contributed by atoms with Crippen molar-refractivity contribution >= 4 is 22.6 Å². The molecule has 0 amide bonds. The molecular formula is C41H41NO. The van der Waals surface area contributed by atoms with E-state index in [0.29, 0.717) is 5.92 Å². The van der Waals surface area contributed by atoms with Crippen LogP contribution in [0.1, 0.15) is 84.5 Å². The van der Waals surface area contributed by atoms with Gasteiger partial charge in [0.2, 0.25) is 0 Å². The molecule has 0 bridgehead atoms. The van der Waals surface area contributed by atoms with Crippen LogP contribution in [-0.4, -0.2) is 18.4 Å². The van der Waals surface area contributed by atoms with E-state index in [1.54, 1.807) is 0 Å². The van der Waals surface area contributed by atoms with Crippen molar-refractivity contribution in [2.45, 2.75) is 62.8 Å². The third kappa shape index (κ3) is 4.26. The quantitative estimate of drug-likeness (QED) is 0.225. The van der Waals surface area contributed by atoms with Crippen LogP contribution in [0.3, 0.4) is 0 Å². The summed E-state index contributed by atoms with van der Waals surface area (Å²) in [5, 5.41) is 0. The number of hydrogen-bond donors (Lipinski definition) is 0. The molecule has 1 fully saturated rings. The van der Waals surface area contributed by atoms with Crippen molar-refractivity contribution in [1.29, 1.82) is 0 Å². The van der Waals surface area contributed by atoms with Crippen LogP contribution in [0.4, 0.5) is 5.69 Å². The standard InChI is InChI=1S/C41H41NO/c1-29(2)33-22-23-37-36(27-33)40(24-14-7-15-25-40)41(42(37)3)28-34(30-16-8-4-9-17-30)26-35(31-18-10-5-11-19-31)38(41)39(43)32-20-12-6-13-21-32/h4-6,8-13,16-23,26-29,38H,7,14-15,24-25H2,1-3H3/t38-,41-/m0/s1. The number of Topliss-reactive ketones (excluding diaryl/α,β-unsaturated/α-hetero) is 1. The fourth-order valence-corrected chi connectivity index (χ4v) is 8.49. The second-order valence-corrected chi connectivity index (χ2v) is 13.1. The number of likely N-dealkylation sites (N-methyl/N-ethyl adjacent to an activating group) is 1. The zero-order valence-electron chi connectivity index (χ0n) is 25.6. The summed E-state index contributed by atoms with van der Waals surface area (Å²) in [6.45, 7) is 4.57. The molecule has 43 heavy (non-hydrogen) atoms. The molecule has 1 saturated carbocycles. The summed E-state index contributed by atoms with van der Waals surface area (Å²) in [5.41, 5.74) is 8.74. The molecule has 2 atom stereocenters. The fraction of sp³-hybridized carbons (Fsp3) is 0.293. The Morgan fingerprint density at radius 3 is 2.00 bits per heavy atom. The normalized spacial score (nSPS) is 22.4. The van der Waals surface area contributed by atoms with Crippen LogP contribution < -0.4 is 4.90 Å². The number of rotatable bonds is 5. The molecule has 2 aliphatic carbocycles. The summed E-state index contributed by atoms with van der Waals surface area (Å²) in [7, 11) is 2.26. The molecule has 4 aromatic rings. The number of fused-ring (bicyclic) bond motifs is 3. The molecule has 2 spiro atoms. The Morgan fingerprint density at radius 1 is 0.767 bits per heavy atom. The van der Waals surface area contributed by atoms with Gasteiger partial charge in [-0.25, -0.2) is 0 Å². The van der Waals surface area contributed by atoms with Crippen molar-refractivity contribution in [2.75, 3.05) is 11.9 Å². The Balaban J connectivity index is 1.58. The first-order valence-electron chi connectivity index (χ1n) is 16.0. The van der Waals surface area contributed by atoms with Gasteiger partial charge < -0.3 is 4.90 Å². The Morgan fingerprint density at radius 2 is 1.37 bits per heavy atom. The van der Waals surface area contributed by atoms with E-state index in [0.717, 1.165) is 29.5 Å². The molecule has 1 heterocycles. The van der Waals surface area contributed by atoms with E-state index in [2.05, 4.69) is 117 Å². The summed E-state index contributed by atoms with van der Waals surface area (Å²) >= 11 is 0. The number of benzene rings is 4. The molecule has 4 aromatic carbocycles. The highest BCUT2D eigenvalue weighted by Gasteiger charge is 2.66. The topological polar surface area (TPSA) is 20.3 Å². The van der Waals surface area contributed by atoms with Crippen molar-refractivity contribution in [1.82, 2.24) is 0 Å². The van der Waals surface area contributed by atoms with Gasteiger partial charge in [0.05, 0.1) is 11.5 Å². The predicted octanol–water partition coefficient (Wildman–Crippen LogP) is 9.88. The average molecular weight is 564 g/mol. The van der Waals surface area contributed by atoms with E-state index in [1.807, 2.05) is 30.3 Å². The third-order valence-electron chi connectivity index (χ3n) is 10.6. The van der Waals surface area contributed by atoms with Gasteiger partial charge in [-0.2, -0.15) is 0 Å². The van der Waals surface area contributed by atoms with Gasteiger partial charge >= 0.3 is 0 Å². The number of hydrogen-bond acceptors (Lipinski definition) is 2. The lowest BCUT2D eigenvalue weighted by molar-refractivity contribution is 0.0841. The summed E-state index contributed by atoms with van der Waals surface area (Å²) in [6.07, 6.45) is 10.6. The Kier molecular flexibility index (Phi) is 6.96. The number of nitrogens with zero attached hydrogens (tertiary/aromatic N) is 1. The lowest BCUT2D eigenvalue weighted by Gasteiger charge is -2.56. The maximum Gasteiger partial charge on any atom is 0.173 e. The van der Waals surface area contributed by atoms with Crippen molar-refractivity contribution < 1.29 is 4.79 Å². The average Bonchev–Trinajstić information content (AvgIpc) is 3.25. The van der Waals surface area contributed by atoms with Gasteiger partial charge in [-0.15, -0.1) is 0 Å². The lowest BCUT2D eigenvalue weighted by atomic mass is 9.51. The minimum Gasteiger partial charge on any atom is -0.363 e. The van der Waals surface area contributed by atoms with Gasteiger partial charge in [0.25, 0.3) is 0 Å². The van der Waals surface area contributed by atoms with Crippen LogP contribution in [0, 0.1) is 5.92 Å². The van der Waals surface area contributed by atoms with E-state index in [4.69, 9.17) is 0 Å². The first-order valence-corrected chi connectivity index (χ1v) is 16.0. The molecule has 3 aliphatic rings. The highest BCUT2D eigenvalue weighted by atomic mass is 16.1. The van der Waals surface area contributed by atoms with Crippen LogP contribution in [0.15, 0.2) is 121 Å². The van der Waals surface area contributed by atoms with Gasteiger partial charge in [0.15, 0.2) is 5.78 Å². The maximum atomic E-state index is 15.2. The maximum absolute atomic E-state index is 15.2.